The van der Waals surface area contributed by atoms with Crippen LogP contribution < -0.4 is 10.6 Å². The first-order valence-corrected chi connectivity index (χ1v) is 13.3. The molecular formula is C31H20ClF3N8. The molecule has 3 aromatic carbocycles. The Morgan fingerprint density at radius 3 is 2.47 bits per heavy atom. The van der Waals surface area contributed by atoms with Crippen molar-refractivity contribution < 1.29 is 13.2 Å². The SMILES string of the molecule is N#Cc1cnc2c(Cl)cc(NC(c3ccc(F)cc3)c3cn(Cc4ccccc4)nn3)cc2c1Nc1cnc(F)c(F)c1. The third-order valence-electron chi connectivity index (χ3n) is 6.66. The van der Waals surface area contributed by atoms with Crippen molar-refractivity contribution in [2.75, 3.05) is 10.6 Å². The van der Waals surface area contributed by atoms with Gasteiger partial charge in [-0.1, -0.05) is 59.3 Å². The summed E-state index contributed by atoms with van der Waals surface area (Å²) in [6.45, 7) is 0.502. The molecule has 0 amide bonds. The molecule has 1 unspecified atom stereocenters. The number of rotatable bonds is 8. The fraction of sp³-hybridized carbons (Fsp3) is 0.0645. The summed E-state index contributed by atoms with van der Waals surface area (Å²) < 4.78 is 42.9. The van der Waals surface area contributed by atoms with Gasteiger partial charge in [-0.3, -0.25) is 4.98 Å². The third-order valence-corrected chi connectivity index (χ3v) is 6.95. The molecule has 0 aliphatic rings. The molecule has 12 heteroatoms. The van der Waals surface area contributed by atoms with Crippen molar-refractivity contribution in [3.05, 3.63) is 136 Å². The summed E-state index contributed by atoms with van der Waals surface area (Å²) in [5, 5.41) is 25.5. The number of aromatic nitrogens is 5. The molecule has 3 heterocycles. The van der Waals surface area contributed by atoms with Gasteiger partial charge in [-0.15, -0.1) is 5.10 Å². The van der Waals surface area contributed by atoms with Crippen LogP contribution in [0.3, 0.4) is 0 Å². The van der Waals surface area contributed by atoms with Crippen LogP contribution in [-0.2, 0) is 6.54 Å². The molecule has 6 rings (SSSR count). The van der Waals surface area contributed by atoms with Crippen LogP contribution in [0, 0.1) is 28.9 Å². The van der Waals surface area contributed by atoms with Gasteiger partial charge >= 0.3 is 0 Å². The maximum absolute atomic E-state index is 13.9. The van der Waals surface area contributed by atoms with Crippen molar-refractivity contribution in [2.24, 2.45) is 0 Å². The summed E-state index contributed by atoms with van der Waals surface area (Å²) in [6.07, 6.45) is 4.25. The van der Waals surface area contributed by atoms with E-state index in [0.29, 0.717) is 34.4 Å². The van der Waals surface area contributed by atoms with Crippen LogP contribution in [0.2, 0.25) is 5.02 Å². The molecule has 6 aromatic rings. The quantitative estimate of drug-likeness (QED) is 0.180. The molecule has 1 atom stereocenters. The van der Waals surface area contributed by atoms with E-state index in [2.05, 4.69) is 37.0 Å². The smallest absolute Gasteiger partial charge is 0.249 e. The summed E-state index contributed by atoms with van der Waals surface area (Å²) in [4.78, 5) is 7.74. The van der Waals surface area contributed by atoms with Crippen LogP contribution >= 0.6 is 11.6 Å². The average molecular weight is 597 g/mol. The van der Waals surface area contributed by atoms with Gasteiger partial charge < -0.3 is 10.6 Å². The minimum Gasteiger partial charge on any atom is -0.373 e. The summed E-state index contributed by atoms with van der Waals surface area (Å²) in [5.41, 5.74) is 3.75. The van der Waals surface area contributed by atoms with E-state index in [-0.39, 0.29) is 27.8 Å². The maximum atomic E-state index is 13.9. The lowest BCUT2D eigenvalue weighted by Crippen LogP contribution is -2.13. The average Bonchev–Trinajstić information content (AvgIpc) is 3.47. The van der Waals surface area contributed by atoms with Crippen LogP contribution in [0.1, 0.15) is 28.4 Å². The molecule has 0 bridgehead atoms. The molecular weight excluding hydrogens is 577 g/mol. The standard InChI is InChI=1S/C31H20ClF3N8/c32-25-11-22(10-24-28(20(13-36)14-37-30(24)25)40-23-12-26(34)31(35)38-15-23)39-29(19-6-8-21(33)9-7-19)27-17-43(42-41-27)16-18-4-2-1-3-5-18/h1-12,14-15,17,29,39H,16H2,(H,37,40). The Morgan fingerprint density at radius 1 is 0.930 bits per heavy atom. The van der Waals surface area contributed by atoms with E-state index in [1.54, 1.807) is 35.1 Å². The topological polar surface area (TPSA) is 104 Å². The highest BCUT2D eigenvalue weighted by atomic mass is 35.5. The van der Waals surface area contributed by atoms with E-state index in [1.807, 2.05) is 30.3 Å². The zero-order valence-corrected chi connectivity index (χ0v) is 22.9. The molecule has 2 N–H and O–H groups in total. The molecule has 0 spiro atoms. The van der Waals surface area contributed by atoms with Crippen LogP contribution in [0.25, 0.3) is 10.9 Å². The number of hydrogen-bond acceptors (Lipinski definition) is 7. The molecule has 0 saturated heterocycles. The van der Waals surface area contributed by atoms with Crippen molar-refractivity contribution in [2.45, 2.75) is 12.6 Å². The second kappa shape index (κ2) is 11.8. The second-order valence-corrected chi connectivity index (χ2v) is 10.00. The number of nitrogens with one attached hydrogen (secondary N) is 2. The number of nitrogens with zero attached hydrogens (tertiary/aromatic N) is 6. The number of fused-ring (bicyclic) bond motifs is 1. The van der Waals surface area contributed by atoms with Crippen LogP contribution in [0.15, 0.2) is 91.4 Å². The van der Waals surface area contributed by atoms with E-state index in [4.69, 9.17) is 11.6 Å². The van der Waals surface area contributed by atoms with Crippen molar-refractivity contribution in [1.29, 1.82) is 5.26 Å². The Morgan fingerprint density at radius 2 is 1.72 bits per heavy atom. The molecule has 8 nitrogen and oxygen atoms in total. The van der Waals surface area contributed by atoms with Gasteiger partial charge in [-0.25, -0.2) is 18.4 Å². The predicted molar refractivity (Wildman–Crippen MR) is 156 cm³/mol. The lowest BCUT2D eigenvalue weighted by Gasteiger charge is -2.20. The summed E-state index contributed by atoms with van der Waals surface area (Å²) in [5.74, 6) is -2.78. The Bertz CT molecular complexity index is 1970. The van der Waals surface area contributed by atoms with Crippen LogP contribution in [0.4, 0.5) is 30.2 Å². The lowest BCUT2D eigenvalue weighted by atomic mass is 10.0. The highest BCUT2D eigenvalue weighted by molar-refractivity contribution is 6.36. The van der Waals surface area contributed by atoms with E-state index >= 15 is 0 Å². The minimum atomic E-state index is -1.24. The molecule has 0 radical (unpaired) electrons. The molecule has 43 heavy (non-hydrogen) atoms. The molecule has 3 aromatic heterocycles. The van der Waals surface area contributed by atoms with E-state index in [9.17, 15) is 18.4 Å². The maximum Gasteiger partial charge on any atom is 0.249 e. The molecule has 212 valence electrons. The van der Waals surface area contributed by atoms with E-state index in [0.717, 1.165) is 17.8 Å². The van der Waals surface area contributed by atoms with Crippen LogP contribution in [0.5, 0.6) is 0 Å². The zero-order valence-electron chi connectivity index (χ0n) is 22.1. The fourth-order valence-corrected chi connectivity index (χ4v) is 4.91. The van der Waals surface area contributed by atoms with Gasteiger partial charge in [0.2, 0.25) is 5.95 Å². The van der Waals surface area contributed by atoms with Crippen molar-refractivity contribution in [3.8, 4) is 6.07 Å². The Balaban J connectivity index is 1.41. The summed E-state index contributed by atoms with van der Waals surface area (Å²) in [7, 11) is 0. The van der Waals surface area contributed by atoms with Gasteiger partial charge in [0, 0.05) is 23.3 Å². The number of pyridine rings is 2. The predicted octanol–water partition coefficient (Wildman–Crippen LogP) is 7.16. The Hall–Kier alpha value is -5.47. The molecule has 0 fully saturated rings. The van der Waals surface area contributed by atoms with Gasteiger partial charge in [-0.2, -0.15) is 9.65 Å². The molecule has 0 aliphatic carbocycles. The number of hydrogen-bond donors (Lipinski definition) is 2. The summed E-state index contributed by atoms with van der Waals surface area (Å²) >= 11 is 6.65. The van der Waals surface area contributed by atoms with Gasteiger partial charge in [-0.05, 0) is 35.4 Å². The van der Waals surface area contributed by atoms with Crippen molar-refractivity contribution >= 4 is 39.6 Å². The van der Waals surface area contributed by atoms with Crippen molar-refractivity contribution in [3.63, 3.8) is 0 Å². The van der Waals surface area contributed by atoms with Crippen LogP contribution in [-0.4, -0.2) is 25.0 Å². The minimum absolute atomic E-state index is 0.122. The highest BCUT2D eigenvalue weighted by Crippen LogP contribution is 2.36. The summed E-state index contributed by atoms with van der Waals surface area (Å²) in [6, 6.07) is 21.6. The number of halogens is 4. The first kappa shape index (κ1) is 27.7. The van der Waals surface area contributed by atoms with Gasteiger partial charge in [0.15, 0.2) is 5.82 Å². The normalized spacial score (nSPS) is 11.7. The van der Waals surface area contributed by atoms with Gasteiger partial charge in [0.25, 0.3) is 0 Å². The lowest BCUT2D eigenvalue weighted by molar-refractivity contribution is 0.480. The van der Waals surface area contributed by atoms with Gasteiger partial charge in [0.05, 0.1) is 52.5 Å². The largest absolute Gasteiger partial charge is 0.373 e. The Kier molecular flexibility index (Phi) is 7.59. The molecule has 0 saturated carbocycles. The van der Waals surface area contributed by atoms with E-state index < -0.39 is 17.8 Å². The molecule has 0 aliphatic heterocycles. The number of nitriles is 1. The highest BCUT2D eigenvalue weighted by Gasteiger charge is 2.21. The second-order valence-electron chi connectivity index (χ2n) is 9.59. The third kappa shape index (κ3) is 5.95. The fourth-order valence-electron chi connectivity index (χ4n) is 4.64. The first-order valence-electron chi connectivity index (χ1n) is 12.9. The Labute approximate surface area is 248 Å². The number of benzene rings is 3. The van der Waals surface area contributed by atoms with Crippen molar-refractivity contribution in [1.82, 2.24) is 25.0 Å². The van der Waals surface area contributed by atoms with Gasteiger partial charge in [0.1, 0.15) is 17.6 Å². The number of anilines is 3. The monoisotopic (exact) mass is 596 g/mol. The zero-order chi connectivity index (χ0) is 29.9. The first-order chi connectivity index (χ1) is 20.9. The van der Waals surface area contributed by atoms with E-state index in [1.165, 1.54) is 18.3 Å².